The van der Waals surface area contributed by atoms with Crippen molar-refractivity contribution in [3.8, 4) is 0 Å². The molecule has 0 bridgehead atoms. The van der Waals surface area contributed by atoms with Crippen molar-refractivity contribution in [2.75, 3.05) is 31.1 Å². The van der Waals surface area contributed by atoms with E-state index in [4.69, 9.17) is 4.74 Å². The smallest absolute Gasteiger partial charge is 0.410 e. The number of halogens is 1. The Labute approximate surface area is 156 Å². The van der Waals surface area contributed by atoms with E-state index in [9.17, 15) is 4.79 Å². The molecule has 0 spiro atoms. The first kappa shape index (κ1) is 17.9. The van der Waals surface area contributed by atoms with E-state index in [1.165, 1.54) is 0 Å². The summed E-state index contributed by atoms with van der Waals surface area (Å²) < 4.78 is 6.50. The summed E-state index contributed by atoms with van der Waals surface area (Å²) in [7, 11) is 0. The van der Waals surface area contributed by atoms with Gasteiger partial charge in [0.25, 0.3) is 0 Å². The van der Waals surface area contributed by atoms with E-state index in [0.717, 1.165) is 39.8 Å². The third-order valence-corrected chi connectivity index (χ3v) is 4.98. The molecule has 0 saturated carbocycles. The number of aryl methyl sites for hydroxylation is 1. The van der Waals surface area contributed by atoms with E-state index in [1.54, 1.807) is 11.2 Å². The summed E-state index contributed by atoms with van der Waals surface area (Å²) in [6.45, 7) is 10.4. The summed E-state index contributed by atoms with van der Waals surface area (Å²) >= 11 is 3.59. The molecule has 3 rings (SSSR count). The summed E-state index contributed by atoms with van der Waals surface area (Å²) in [4.78, 5) is 25.0. The van der Waals surface area contributed by atoms with E-state index in [1.807, 2.05) is 27.7 Å². The first-order chi connectivity index (χ1) is 11.7. The predicted octanol–water partition coefficient (Wildman–Crippen LogP) is 3.76. The van der Waals surface area contributed by atoms with Crippen molar-refractivity contribution in [2.24, 2.45) is 0 Å². The van der Waals surface area contributed by atoms with Crippen LogP contribution in [0.15, 0.2) is 22.9 Å². The van der Waals surface area contributed by atoms with Crippen LogP contribution in [-0.2, 0) is 4.74 Å². The fraction of sp³-hybridized carbons (Fsp3) is 0.500. The fourth-order valence-corrected chi connectivity index (χ4v) is 3.19. The lowest BCUT2D eigenvalue weighted by molar-refractivity contribution is 0.0240. The Kier molecular flexibility index (Phi) is 4.86. The minimum Gasteiger partial charge on any atom is -0.444 e. The molecule has 1 fully saturated rings. The molecule has 1 aliphatic rings. The zero-order chi connectivity index (χ0) is 18.2. The zero-order valence-corrected chi connectivity index (χ0v) is 16.6. The summed E-state index contributed by atoms with van der Waals surface area (Å²) in [5, 5.41) is 1.02. The van der Waals surface area contributed by atoms with Crippen LogP contribution in [0.25, 0.3) is 10.9 Å². The van der Waals surface area contributed by atoms with Crippen LogP contribution in [-0.4, -0.2) is 52.7 Å². The van der Waals surface area contributed by atoms with Crippen LogP contribution in [0.1, 0.15) is 26.3 Å². The van der Waals surface area contributed by atoms with Gasteiger partial charge in [0.05, 0.1) is 5.52 Å². The maximum atomic E-state index is 12.2. The molecule has 0 atom stereocenters. The molecule has 2 heterocycles. The number of benzene rings is 1. The third kappa shape index (κ3) is 4.03. The number of fused-ring (bicyclic) bond motifs is 1. The van der Waals surface area contributed by atoms with Gasteiger partial charge in [0.2, 0.25) is 0 Å². The Morgan fingerprint density at radius 1 is 1.16 bits per heavy atom. The number of aromatic nitrogens is 2. The van der Waals surface area contributed by atoms with Crippen molar-refractivity contribution < 1.29 is 9.53 Å². The minimum absolute atomic E-state index is 0.252. The van der Waals surface area contributed by atoms with Crippen molar-refractivity contribution >= 4 is 38.7 Å². The highest BCUT2D eigenvalue weighted by molar-refractivity contribution is 9.10. The SMILES string of the molecule is Cc1cc2ncnc(N3CCN(C(=O)OC(C)(C)C)CC3)c2cc1Br. The lowest BCUT2D eigenvalue weighted by atomic mass is 10.1. The summed E-state index contributed by atoms with van der Waals surface area (Å²) in [6.07, 6.45) is 1.35. The van der Waals surface area contributed by atoms with Gasteiger partial charge < -0.3 is 14.5 Å². The summed E-state index contributed by atoms with van der Waals surface area (Å²) in [5.74, 6) is 0.912. The molecule has 1 aromatic heterocycles. The van der Waals surface area contributed by atoms with E-state index >= 15 is 0 Å². The second-order valence-corrected chi connectivity index (χ2v) is 8.12. The fourth-order valence-electron chi connectivity index (χ4n) is 2.85. The molecule has 1 amide bonds. The topological polar surface area (TPSA) is 58.6 Å². The van der Waals surface area contributed by atoms with E-state index in [-0.39, 0.29) is 6.09 Å². The van der Waals surface area contributed by atoms with Gasteiger partial charge >= 0.3 is 6.09 Å². The molecule has 6 nitrogen and oxygen atoms in total. The molecular weight excluding hydrogens is 384 g/mol. The molecule has 1 aliphatic heterocycles. The molecule has 0 N–H and O–H groups in total. The van der Waals surface area contributed by atoms with Gasteiger partial charge in [-0.25, -0.2) is 14.8 Å². The summed E-state index contributed by atoms with van der Waals surface area (Å²) in [6, 6.07) is 4.13. The Balaban J connectivity index is 1.76. The average molecular weight is 407 g/mol. The van der Waals surface area contributed by atoms with Crippen molar-refractivity contribution in [1.29, 1.82) is 0 Å². The number of piperazine rings is 1. The van der Waals surface area contributed by atoms with Gasteiger partial charge in [0.1, 0.15) is 17.7 Å². The van der Waals surface area contributed by atoms with Gasteiger partial charge in [-0.1, -0.05) is 15.9 Å². The third-order valence-electron chi connectivity index (χ3n) is 4.13. The normalized spacial score (nSPS) is 15.6. The highest BCUT2D eigenvalue weighted by Crippen LogP contribution is 2.29. The van der Waals surface area contributed by atoms with Crippen molar-refractivity contribution in [1.82, 2.24) is 14.9 Å². The summed E-state index contributed by atoms with van der Waals surface area (Å²) in [5.41, 5.74) is 1.61. The van der Waals surface area contributed by atoms with Gasteiger partial charge in [-0.2, -0.15) is 0 Å². The Hall–Kier alpha value is -1.89. The van der Waals surface area contributed by atoms with Gasteiger partial charge in [-0.3, -0.25) is 0 Å². The Morgan fingerprint density at radius 2 is 1.84 bits per heavy atom. The predicted molar refractivity (Wildman–Crippen MR) is 102 cm³/mol. The molecule has 0 unspecified atom stereocenters. The van der Waals surface area contributed by atoms with E-state index in [2.05, 4.69) is 42.9 Å². The molecule has 134 valence electrons. The van der Waals surface area contributed by atoms with Crippen molar-refractivity contribution in [3.05, 3.63) is 28.5 Å². The van der Waals surface area contributed by atoms with Crippen molar-refractivity contribution in [3.63, 3.8) is 0 Å². The lowest BCUT2D eigenvalue weighted by Gasteiger charge is -2.36. The molecule has 1 aromatic carbocycles. The minimum atomic E-state index is -0.471. The number of hydrogen-bond donors (Lipinski definition) is 0. The lowest BCUT2D eigenvalue weighted by Crippen LogP contribution is -2.50. The largest absolute Gasteiger partial charge is 0.444 e. The Morgan fingerprint density at radius 3 is 2.48 bits per heavy atom. The number of anilines is 1. The van der Waals surface area contributed by atoms with Crippen LogP contribution >= 0.6 is 15.9 Å². The van der Waals surface area contributed by atoms with E-state index in [0.29, 0.717) is 13.1 Å². The average Bonchev–Trinajstić information content (AvgIpc) is 2.54. The molecule has 0 aliphatic carbocycles. The maximum absolute atomic E-state index is 12.2. The van der Waals surface area contributed by atoms with Crippen LogP contribution in [0.3, 0.4) is 0 Å². The second-order valence-electron chi connectivity index (χ2n) is 7.27. The monoisotopic (exact) mass is 406 g/mol. The van der Waals surface area contributed by atoms with Gasteiger partial charge in [0, 0.05) is 36.0 Å². The first-order valence-corrected chi connectivity index (χ1v) is 9.17. The van der Waals surface area contributed by atoms with Crippen LogP contribution < -0.4 is 4.90 Å². The van der Waals surface area contributed by atoms with Gasteiger partial charge in [-0.15, -0.1) is 0 Å². The van der Waals surface area contributed by atoms with Gasteiger partial charge in [0.15, 0.2) is 0 Å². The van der Waals surface area contributed by atoms with Crippen LogP contribution in [0.4, 0.5) is 10.6 Å². The first-order valence-electron chi connectivity index (χ1n) is 8.38. The second kappa shape index (κ2) is 6.78. The number of hydrogen-bond acceptors (Lipinski definition) is 5. The highest BCUT2D eigenvalue weighted by Gasteiger charge is 2.27. The molecule has 2 aromatic rings. The van der Waals surface area contributed by atoms with E-state index < -0.39 is 5.60 Å². The quantitative estimate of drug-likeness (QED) is 0.721. The number of carbonyl (C=O) groups is 1. The molecule has 1 saturated heterocycles. The van der Waals surface area contributed by atoms with Crippen LogP contribution in [0, 0.1) is 6.92 Å². The van der Waals surface area contributed by atoms with Crippen LogP contribution in [0.2, 0.25) is 0 Å². The standard InChI is InChI=1S/C18H23BrN4O2/c1-12-9-15-13(10-14(12)19)16(21-11-20-15)22-5-7-23(8-6-22)17(24)25-18(2,3)4/h9-11H,5-8H2,1-4H3. The number of ether oxygens (including phenoxy) is 1. The number of amides is 1. The van der Waals surface area contributed by atoms with Crippen LogP contribution in [0.5, 0.6) is 0 Å². The Bertz CT molecular complexity index is 795. The number of nitrogens with zero attached hydrogens (tertiary/aromatic N) is 4. The van der Waals surface area contributed by atoms with Gasteiger partial charge in [-0.05, 0) is 45.4 Å². The zero-order valence-electron chi connectivity index (χ0n) is 15.0. The maximum Gasteiger partial charge on any atom is 0.410 e. The molecule has 7 heteroatoms. The molecule has 0 radical (unpaired) electrons. The van der Waals surface area contributed by atoms with Crippen molar-refractivity contribution in [2.45, 2.75) is 33.3 Å². The highest BCUT2D eigenvalue weighted by atomic mass is 79.9. The number of carbonyl (C=O) groups excluding carboxylic acids is 1. The molecular formula is C18H23BrN4O2. The number of rotatable bonds is 1. The molecule has 25 heavy (non-hydrogen) atoms.